The number of nitrogens with two attached hydrogens (primary N) is 1. The molecule has 1 aliphatic rings. The fourth-order valence-electron chi connectivity index (χ4n) is 2.68. The van der Waals surface area contributed by atoms with E-state index in [0.717, 1.165) is 50.7 Å². The van der Waals surface area contributed by atoms with Crippen LogP contribution in [-0.2, 0) is 14.8 Å². The van der Waals surface area contributed by atoms with Gasteiger partial charge in [-0.05, 0) is 5.41 Å². The van der Waals surface area contributed by atoms with Crippen molar-refractivity contribution in [3.05, 3.63) is 6.20 Å². The number of hydrogen-bond acceptors (Lipinski definition) is 7. The highest BCUT2D eigenvalue weighted by Gasteiger charge is 2.26. The number of sulfonamides is 1. The van der Waals surface area contributed by atoms with Crippen LogP contribution in [0.5, 0.6) is 0 Å². The lowest BCUT2D eigenvalue weighted by Crippen LogP contribution is -2.45. The third-order valence-corrected chi connectivity index (χ3v) is 6.02. The second kappa shape index (κ2) is 6.79. The number of primary sulfonamides is 1. The molecule has 22 heavy (non-hydrogen) atoms. The summed E-state index contributed by atoms with van der Waals surface area (Å²) in [7, 11) is -1.75. The summed E-state index contributed by atoms with van der Waals surface area (Å²) < 4.78 is 28.1. The third-order valence-electron chi connectivity index (χ3n) is 3.50. The summed E-state index contributed by atoms with van der Waals surface area (Å²) in [5, 5.41) is 5.79. The van der Waals surface area contributed by atoms with Crippen LogP contribution in [0.15, 0.2) is 10.4 Å². The Kier molecular flexibility index (Phi) is 5.44. The summed E-state index contributed by atoms with van der Waals surface area (Å²) in [5.41, 5.74) is 0.0551. The molecule has 0 aromatic carbocycles. The van der Waals surface area contributed by atoms with E-state index in [1.807, 2.05) is 11.9 Å². The van der Waals surface area contributed by atoms with Crippen LogP contribution in [0, 0.1) is 5.41 Å². The molecule has 1 aliphatic heterocycles. The maximum Gasteiger partial charge on any atom is 0.249 e. The zero-order chi connectivity index (χ0) is 16.4. The molecule has 1 saturated heterocycles. The van der Waals surface area contributed by atoms with E-state index in [9.17, 15) is 8.42 Å². The Hall–Kier alpha value is -0.740. The second-order valence-electron chi connectivity index (χ2n) is 6.42. The van der Waals surface area contributed by atoms with Gasteiger partial charge in [-0.15, -0.1) is 0 Å². The van der Waals surface area contributed by atoms with Gasteiger partial charge < -0.3 is 9.64 Å². The van der Waals surface area contributed by atoms with Gasteiger partial charge in [0, 0.05) is 33.2 Å². The van der Waals surface area contributed by atoms with Gasteiger partial charge in [-0.1, -0.05) is 25.2 Å². The monoisotopic (exact) mass is 348 g/mol. The molecule has 0 aliphatic carbocycles. The standard InChI is InChI=1S/C13H24N4O3S2/c1-13(2,10-17-4-6-20-7-5-17)9-16(3)12-15-8-11(21-12)22(14,18)19/h8H,4-7,9-10H2,1-3H3,(H2,14,18,19). The first-order valence-corrected chi connectivity index (χ1v) is 9.53. The number of morpholine rings is 1. The largest absolute Gasteiger partial charge is 0.379 e. The van der Waals surface area contributed by atoms with Crippen molar-refractivity contribution in [2.24, 2.45) is 10.6 Å². The van der Waals surface area contributed by atoms with E-state index in [1.165, 1.54) is 6.20 Å². The Morgan fingerprint density at radius 1 is 1.45 bits per heavy atom. The Morgan fingerprint density at radius 3 is 2.64 bits per heavy atom. The first-order chi connectivity index (χ1) is 10.2. The van der Waals surface area contributed by atoms with Gasteiger partial charge in [-0.2, -0.15) is 0 Å². The lowest BCUT2D eigenvalue weighted by Gasteiger charge is -2.37. The highest BCUT2D eigenvalue weighted by atomic mass is 32.2. The Labute approximate surface area is 136 Å². The van der Waals surface area contributed by atoms with Crippen molar-refractivity contribution >= 4 is 26.5 Å². The molecule has 0 radical (unpaired) electrons. The first kappa shape index (κ1) is 17.6. The molecule has 0 spiro atoms. The van der Waals surface area contributed by atoms with Gasteiger partial charge in [-0.25, -0.2) is 18.5 Å². The predicted octanol–water partition coefficient (Wildman–Crippen LogP) is 0.585. The molecule has 1 aromatic heterocycles. The number of rotatable bonds is 6. The van der Waals surface area contributed by atoms with E-state index < -0.39 is 10.0 Å². The summed E-state index contributed by atoms with van der Waals surface area (Å²) in [4.78, 5) is 8.55. The minimum absolute atomic E-state index is 0.0551. The number of anilines is 1. The molecule has 0 unspecified atom stereocenters. The van der Waals surface area contributed by atoms with E-state index in [2.05, 4.69) is 23.7 Å². The van der Waals surface area contributed by atoms with Gasteiger partial charge in [0.1, 0.15) is 0 Å². The average Bonchev–Trinajstić information content (AvgIpc) is 2.88. The molecule has 0 bridgehead atoms. The van der Waals surface area contributed by atoms with Gasteiger partial charge in [0.2, 0.25) is 10.0 Å². The van der Waals surface area contributed by atoms with Crippen molar-refractivity contribution in [1.82, 2.24) is 9.88 Å². The zero-order valence-electron chi connectivity index (χ0n) is 13.3. The van der Waals surface area contributed by atoms with Gasteiger partial charge in [0.15, 0.2) is 9.34 Å². The molecule has 7 nitrogen and oxygen atoms in total. The fraction of sp³-hybridized carbons (Fsp3) is 0.769. The Bertz CT molecular complexity index is 594. The number of nitrogens with zero attached hydrogens (tertiary/aromatic N) is 3. The minimum atomic E-state index is -3.67. The molecule has 0 atom stereocenters. The fourth-order valence-corrected chi connectivity index (χ4v) is 4.18. The summed E-state index contributed by atoms with van der Waals surface area (Å²) in [5.74, 6) is 0. The van der Waals surface area contributed by atoms with Gasteiger partial charge in [0.25, 0.3) is 0 Å². The van der Waals surface area contributed by atoms with Crippen molar-refractivity contribution in [2.45, 2.75) is 18.1 Å². The lowest BCUT2D eigenvalue weighted by molar-refractivity contribution is 0.0223. The smallest absolute Gasteiger partial charge is 0.249 e. The number of ether oxygens (including phenoxy) is 1. The maximum atomic E-state index is 11.3. The maximum absolute atomic E-state index is 11.3. The molecule has 2 N–H and O–H groups in total. The highest BCUT2D eigenvalue weighted by molar-refractivity contribution is 7.91. The molecule has 2 rings (SSSR count). The van der Waals surface area contributed by atoms with Crippen LogP contribution < -0.4 is 10.0 Å². The van der Waals surface area contributed by atoms with Crippen LogP contribution in [0.4, 0.5) is 5.13 Å². The normalized spacial score (nSPS) is 17.6. The molecule has 0 amide bonds. The van der Waals surface area contributed by atoms with Crippen molar-refractivity contribution in [1.29, 1.82) is 0 Å². The van der Waals surface area contributed by atoms with Crippen molar-refractivity contribution in [2.75, 3.05) is 51.3 Å². The summed E-state index contributed by atoms with van der Waals surface area (Å²) in [6.07, 6.45) is 1.32. The average molecular weight is 348 g/mol. The predicted molar refractivity (Wildman–Crippen MR) is 87.8 cm³/mol. The summed E-state index contributed by atoms with van der Waals surface area (Å²) >= 11 is 1.10. The summed E-state index contributed by atoms with van der Waals surface area (Å²) in [6.45, 7) is 9.64. The highest BCUT2D eigenvalue weighted by Crippen LogP contribution is 2.27. The van der Waals surface area contributed by atoms with Crippen LogP contribution in [-0.4, -0.2) is 64.7 Å². The zero-order valence-corrected chi connectivity index (χ0v) is 14.9. The molecular weight excluding hydrogens is 324 g/mol. The molecule has 126 valence electrons. The van der Waals surface area contributed by atoms with Crippen LogP contribution in [0.1, 0.15) is 13.8 Å². The quantitative estimate of drug-likeness (QED) is 0.809. The number of hydrogen-bond donors (Lipinski definition) is 1. The molecule has 9 heteroatoms. The molecule has 1 aromatic rings. The lowest BCUT2D eigenvalue weighted by atomic mass is 9.92. The van der Waals surface area contributed by atoms with Crippen LogP contribution in [0.25, 0.3) is 0 Å². The first-order valence-electron chi connectivity index (χ1n) is 7.17. The van der Waals surface area contributed by atoms with E-state index >= 15 is 0 Å². The second-order valence-corrected chi connectivity index (χ2v) is 9.21. The van der Waals surface area contributed by atoms with E-state index in [0.29, 0.717) is 5.13 Å². The van der Waals surface area contributed by atoms with Crippen molar-refractivity contribution < 1.29 is 13.2 Å². The topological polar surface area (TPSA) is 88.8 Å². The van der Waals surface area contributed by atoms with Gasteiger partial charge in [-0.3, -0.25) is 4.90 Å². The Morgan fingerprint density at radius 2 is 2.09 bits per heavy atom. The van der Waals surface area contributed by atoms with Crippen LogP contribution >= 0.6 is 11.3 Å². The van der Waals surface area contributed by atoms with E-state index in [-0.39, 0.29) is 9.62 Å². The molecule has 1 fully saturated rings. The summed E-state index contributed by atoms with van der Waals surface area (Å²) in [6, 6.07) is 0. The molecule has 0 saturated carbocycles. The number of thiazole rings is 1. The van der Waals surface area contributed by atoms with Crippen LogP contribution in [0.2, 0.25) is 0 Å². The third kappa shape index (κ3) is 4.88. The molecule has 2 heterocycles. The van der Waals surface area contributed by atoms with Crippen LogP contribution in [0.3, 0.4) is 0 Å². The van der Waals surface area contributed by atoms with Gasteiger partial charge >= 0.3 is 0 Å². The molecular formula is C13H24N4O3S2. The van der Waals surface area contributed by atoms with E-state index in [1.54, 1.807) is 0 Å². The number of aromatic nitrogens is 1. The van der Waals surface area contributed by atoms with Gasteiger partial charge in [0.05, 0.1) is 19.4 Å². The van der Waals surface area contributed by atoms with Crippen molar-refractivity contribution in [3.8, 4) is 0 Å². The Balaban J connectivity index is 1.97. The van der Waals surface area contributed by atoms with Crippen molar-refractivity contribution in [3.63, 3.8) is 0 Å². The minimum Gasteiger partial charge on any atom is -0.379 e. The van der Waals surface area contributed by atoms with E-state index in [4.69, 9.17) is 9.88 Å². The SMILES string of the molecule is CN(CC(C)(C)CN1CCOCC1)c1ncc(S(N)(=O)=O)s1.